The van der Waals surface area contributed by atoms with Gasteiger partial charge in [0, 0.05) is 31.4 Å². The molecule has 0 aliphatic carbocycles. The van der Waals surface area contributed by atoms with E-state index in [0.717, 1.165) is 16.7 Å². The highest BCUT2D eigenvalue weighted by Crippen LogP contribution is 2.18. The van der Waals surface area contributed by atoms with E-state index >= 15 is 0 Å². The Hall–Kier alpha value is -1.62. The Morgan fingerprint density at radius 1 is 1.18 bits per heavy atom. The summed E-state index contributed by atoms with van der Waals surface area (Å²) < 4.78 is 0. The average molecular weight is 342 g/mol. The molecule has 3 N–H and O–H groups in total. The van der Waals surface area contributed by atoms with E-state index in [2.05, 4.69) is 10.3 Å². The summed E-state index contributed by atoms with van der Waals surface area (Å²) in [7, 11) is 0. The largest absolute Gasteiger partial charge is 0.352 e. The minimum Gasteiger partial charge on any atom is -0.352 e. The molecule has 0 spiro atoms. The first kappa shape index (κ1) is 20.4. The third kappa shape index (κ3) is 5.64. The standard InChI is InChI=1S/C16H19N3O.2ClH/c1-12(9-17)16(20)19-10-13-4-6-14(7-5-13)15-3-2-8-18-11-15;;/h2-8,11-12H,9-10,17H2,1H3,(H,19,20);2*1H. The van der Waals surface area contributed by atoms with E-state index in [1.54, 1.807) is 6.20 Å². The highest BCUT2D eigenvalue weighted by Gasteiger charge is 2.09. The second-order valence-electron chi connectivity index (χ2n) is 4.79. The lowest BCUT2D eigenvalue weighted by molar-refractivity contribution is -0.124. The first-order valence-electron chi connectivity index (χ1n) is 6.68. The Labute approximate surface area is 143 Å². The fourth-order valence-corrected chi connectivity index (χ4v) is 1.82. The Morgan fingerprint density at radius 2 is 1.86 bits per heavy atom. The molecule has 0 aliphatic rings. The fraction of sp³-hybridized carbons (Fsp3) is 0.250. The quantitative estimate of drug-likeness (QED) is 0.878. The third-order valence-corrected chi connectivity index (χ3v) is 3.22. The van der Waals surface area contributed by atoms with E-state index < -0.39 is 0 Å². The van der Waals surface area contributed by atoms with Crippen LogP contribution in [-0.4, -0.2) is 17.4 Å². The van der Waals surface area contributed by atoms with E-state index in [1.165, 1.54) is 0 Å². The maximum Gasteiger partial charge on any atom is 0.224 e. The topological polar surface area (TPSA) is 68.0 Å². The molecule has 1 atom stereocenters. The predicted octanol–water partition coefficient (Wildman–Crippen LogP) is 2.80. The number of carbonyl (C=O) groups is 1. The second kappa shape index (κ2) is 10.2. The summed E-state index contributed by atoms with van der Waals surface area (Å²) in [5.74, 6) is -0.159. The number of hydrogen-bond donors (Lipinski definition) is 2. The van der Waals surface area contributed by atoms with Crippen LogP contribution in [0.5, 0.6) is 0 Å². The first-order chi connectivity index (χ1) is 9.70. The molecule has 1 heterocycles. The predicted molar refractivity (Wildman–Crippen MR) is 94.2 cm³/mol. The summed E-state index contributed by atoms with van der Waals surface area (Å²) in [5.41, 5.74) is 8.72. The number of rotatable bonds is 5. The number of aromatic nitrogens is 1. The van der Waals surface area contributed by atoms with Crippen LogP contribution in [0.15, 0.2) is 48.8 Å². The Kier molecular flexibility index (Phi) is 9.42. The number of pyridine rings is 1. The fourth-order valence-electron chi connectivity index (χ4n) is 1.82. The smallest absolute Gasteiger partial charge is 0.224 e. The van der Waals surface area contributed by atoms with Crippen LogP contribution in [0, 0.1) is 5.92 Å². The molecule has 2 aromatic rings. The van der Waals surface area contributed by atoms with Crippen LogP contribution < -0.4 is 11.1 Å². The molecule has 2 rings (SSSR count). The van der Waals surface area contributed by atoms with Crippen molar-refractivity contribution in [3.8, 4) is 11.1 Å². The maximum atomic E-state index is 11.6. The zero-order chi connectivity index (χ0) is 14.4. The van der Waals surface area contributed by atoms with Crippen LogP contribution in [0.2, 0.25) is 0 Å². The minimum atomic E-state index is -0.148. The third-order valence-electron chi connectivity index (χ3n) is 3.22. The van der Waals surface area contributed by atoms with Crippen LogP contribution in [0.4, 0.5) is 0 Å². The number of halogens is 2. The monoisotopic (exact) mass is 341 g/mol. The Morgan fingerprint density at radius 3 is 2.41 bits per heavy atom. The summed E-state index contributed by atoms with van der Waals surface area (Å²) >= 11 is 0. The van der Waals surface area contributed by atoms with Gasteiger partial charge >= 0.3 is 0 Å². The van der Waals surface area contributed by atoms with Crippen LogP contribution in [0.1, 0.15) is 12.5 Å². The molecule has 0 radical (unpaired) electrons. The lowest BCUT2D eigenvalue weighted by Gasteiger charge is -2.10. The van der Waals surface area contributed by atoms with Gasteiger partial charge in [-0.3, -0.25) is 9.78 Å². The number of hydrogen-bond acceptors (Lipinski definition) is 3. The van der Waals surface area contributed by atoms with Crippen LogP contribution >= 0.6 is 24.8 Å². The van der Waals surface area contributed by atoms with Crippen molar-refractivity contribution in [1.29, 1.82) is 0 Å². The van der Waals surface area contributed by atoms with Crippen molar-refractivity contribution in [3.05, 3.63) is 54.4 Å². The number of carbonyl (C=O) groups excluding carboxylic acids is 1. The minimum absolute atomic E-state index is 0. The second-order valence-corrected chi connectivity index (χ2v) is 4.79. The van der Waals surface area contributed by atoms with E-state index in [0.29, 0.717) is 13.1 Å². The van der Waals surface area contributed by atoms with Crippen LogP contribution in [-0.2, 0) is 11.3 Å². The summed E-state index contributed by atoms with van der Waals surface area (Å²) in [4.78, 5) is 15.7. The molecule has 0 aliphatic heterocycles. The van der Waals surface area contributed by atoms with Gasteiger partial charge in [-0.05, 0) is 22.8 Å². The van der Waals surface area contributed by atoms with E-state index in [-0.39, 0.29) is 36.6 Å². The number of nitrogens with zero attached hydrogens (tertiary/aromatic N) is 1. The summed E-state index contributed by atoms with van der Waals surface area (Å²) in [6.45, 7) is 2.71. The normalized spacial score (nSPS) is 10.8. The Balaban J connectivity index is 0.00000220. The van der Waals surface area contributed by atoms with Gasteiger partial charge in [0.2, 0.25) is 5.91 Å². The molecule has 120 valence electrons. The van der Waals surface area contributed by atoms with Gasteiger partial charge in [0.1, 0.15) is 0 Å². The van der Waals surface area contributed by atoms with Crippen molar-refractivity contribution in [1.82, 2.24) is 10.3 Å². The molecule has 0 saturated heterocycles. The van der Waals surface area contributed by atoms with Crippen molar-refractivity contribution >= 4 is 30.7 Å². The molecule has 4 nitrogen and oxygen atoms in total. The van der Waals surface area contributed by atoms with Crippen LogP contribution in [0.25, 0.3) is 11.1 Å². The molecule has 1 aromatic heterocycles. The van der Waals surface area contributed by atoms with Crippen molar-refractivity contribution in [3.63, 3.8) is 0 Å². The zero-order valence-corrected chi connectivity index (χ0v) is 14.0. The van der Waals surface area contributed by atoms with Crippen molar-refractivity contribution in [2.45, 2.75) is 13.5 Å². The average Bonchev–Trinajstić information content (AvgIpc) is 2.53. The highest BCUT2D eigenvalue weighted by molar-refractivity contribution is 5.85. The van der Waals surface area contributed by atoms with Crippen molar-refractivity contribution < 1.29 is 4.79 Å². The lowest BCUT2D eigenvalue weighted by Crippen LogP contribution is -2.32. The van der Waals surface area contributed by atoms with E-state index in [1.807, 2.05) is 49.5 Å². The molecule has 1 amide bonds. The van der Waals surface area contributed by atoms with Crippen molar-refractivity contribution in [2.75, 3.05) is 6.54 Å². The maximum absolute atomic E-state index is 11.6. The summed E-state index contributed by atoms with van der Waals surface area (Å²) in [5, 5.41) is 2.88. The highest BCUT2D eigenvalue weighted by atomic mass is 35.5. The van der Waals surface area contributed by atoms with Gasteiger partial charge in [-0.25, -0.2) is 0 Å². The molecule has 22 heavy (non-hydrogen) atoms. The van der Waals surface area contributed by atoms with Crippen LogP contribution in [0.3, 0.4) is 0 Å². The Bertz CT molecular complexity index is 561. The SMILES string of the molecule is CC(CN)C(=O)NCc1ccc(-c2cccnc2)cc1.Cl.Cl. The van der Waals surface area contributed by atoms with Gasteiger partial charge in [-0.2, -0.15) is 0 Å². The molecular weight excluding hydrogens is 321 g/mol. The number of nitrogens with one attached hydrogen (secondary N) is 1. The zero-order valence-electron chi connectivity index (χ0n) is 12.4. The molecule has 1 unspecified atom stereocenters. The number of benzene rings is 1. The lowest BCUT2D eigenvalue weighted by atomic mass is 10.1. The van der Waals surface area contributed by atoms with E-state index in [9.17, 15) is 4.79 Å². The van der Waals surface area contributed by atoms with Gasteiger partial charge in [-0.15, -0.1) is 24.8 Å². The number of nitrogens with two attached hydrogens (primary N) is 1. The van der Waals surface area contributed by atoms with Gasteiger partial charge < -0.3 is 11.1 Å². The van der Waals surface area contributed by atoms with Gasteiger partial charge in [0.25, 0.3) is 0 Å². The molecule has 0 fully saturated rings. The molecular formula is C16H21Cl2N3O. The van der Waals surface area contributed by atoms with Crippen molar-refractivity contribution in [2.24, 2.45) is 11.7 Å². The first-order valence-corrected chi connectivity index (χ1v) is 6.68. The van der Waals surface area contributed by atoms with Gasteiger partial charge in [-0.1, -0.05) is 37.3 Å². The number of amides is 1. The summed E-state index contributed by atoms with van der Waals surface area (Å²) in [6.07, 6.45) is 3.59. The molecule has 0 saturated carbocycles. The molecule has 6 heteroatoms. The van der Waals surface area contributed by atoms with Gasteiger partial charge in [0.15, 0.2) is 0 Å². The van der Waals surface area contributed by atoms with Gasteiger partial charge in [0.05, 0.1) is 0 Å². The molecule has 1 aromatic carbocycles. The van der Waals surface area contributed by atoms with E-state index in [4.69, 9.17) is 5.73 Å². The molecule has 0 bridgehead atoms. The summed E-state index contributed by atoms with van der Waals surface area (Å²) in [6, 6.07) is 12.0.